The van der Waals surface area contributed by atoms with E-state index >= 15 is 0 Å². The van der Waals surface area contributed by atoms with E-state index in [1.54, 1.807) is 0 Å². The molecule has 1 saturated carbocycles. The van der Waals surface area contributed by atoms with Crippen molar-refractivity contribution in [3.8, 4) is 0 Å². The maximum Gasteiger partial charge on any atom is 0.0727 e. The van der Waals surface area contributed by atoms with Gasteiger partial charge in [0.15, 0.2) is 0 Å². The Bertz CT molecular complexity index is 407. The molecule has 106 valence electrons. The Morgan fingerprint density at radius 1 is 1.21 bits per heavy atom. The van der Waals surface area contributed by atoms with Crippen molar-refractivity contribution >= 4 is 11.6 Å². The Kier molecular flexibility index (Phi) is 4.54. The largest absolute Gasteiger partial charge is 0.389 e. The van der Waals surface area contributed by atoms with Crippen LogP contribution < -0.4 is 5.73 Å². The summed E-state index contributed by atoms with van der Waals surface area (Å²) in [5.41, 5.74) is 6.25. The van der Waals surface area contributed by atoms with Crippen LogP contribution in [-0.4, -0.2) is 17.3 Å². The van der Waals surface area contributed by atoms with Crippen molar-refractivity contribution in [1.82, 2.24) is 0 Å². The molecule has 0 aromatic heterocycles. The fourth-order valence-corrected chi connectivity index (χ4v) is 3.50. The lowest BCUT2D eigenvalue weighted by Gasteiger charge is -2.47. The SMILES string of the molecule is CC(O)(Cc1ccc(Cl)cc1)C1(CN)CCCCC1. The number of nitrogens with two attached hydrogens (primary N) is 1. The lowest BCUT2D eigenvalue weighted by Crippen LogP contribution is -2.53. The zero-order valence-corrected chi connectivity index (χ0v) is 12.4. The first kappa shape index (κ1) is 14.8. The van der Waals surface area contributed by atoms with Gasteiger partial charge >= 0.3 is 0 Å². The van der Waals surface area contributed by atoms with Gasteiger partial charge in [0.25, 0.3) is 0 Å². The van der Waals surface area contributed by atoms with E-state index in [0.717, 1.165) is 23.4 Å². The molecule has 2 nitrogen and oxygen atoms in total. The van der Waals surface area contributed by atoms with Crippen LogP contribution >= 0.6 is 11.6 Å². The number of hydrogen-bond donors (Lipinski definition) is 2. The van der Waals surface area contributed by atoms with Crippen LogP contribution in [0.5, 0.6) is 0 Å². The van der Waals surface area contributed by atoms with Crippen molar-refractivity contribution in [1.29, 1.82) is 0 Å². The lowest BCUT2D eigenvalue weighted by molar-refractivity contribution is -0.0849. The molecule has 1 aliphatic rings. The molecule has 3 heteroatoms. The second-order valence-corrected chi connectivity index (χ2v) is 6.56. The minimum absolute atomic E-state index is 0.134. The maximum absolute atomic E-state index is 11.0. The van der Waals surface area contributed by atoms with E-state index < -0.39 is 5.60 Å². The highest BCUT2D eigenvalue weighted by molar-refractivity contribution is 6.30. The average Bonchev–Trinajstić information content (AvgIpc) is 2.42. The predicted octanol–water partition coefficient (Wildman–Crippen LogP) is 3.54. The van der Waals surface area contributed by atoms with Gasteiger partial charge in [-0.05, 0) is 37.5 Å². The van der Waals surface area contributed by atoms with Gasteiger partial charge < -0.3 is 10.8 Å². The molecule has 1 unspecified atom stereocenters. The summed E-state index contributed by atoms with van der Waals surface area (Å²) in [4.78, 5) is 0. The van der Waals surface area contributed by atoms with Crippen LogP contribution in [0.25, 0.3) is 0 Å². The summed E-state index contributed by atoms with van der Waals surface area (Å²) in [5, 5.41) is 11.7. The van der Waals surface area contributed by atoms with Gasteiger partial charge in [0.2, 0.25) is 0 Å². The zero-order valence-electron chi connectivity index (χ0n) is 11.7. The summed E-state index contributed by atoms with van der Waals surface area (Å²) in [6, 6.07) is 7.74. The smallest absolute Gasteiger partial charge is 0.0727 e. The summed E-state index contributed by atoms with van der Waals surface area (Å²) in [7, 11) is 0. The van der Waals surface area contributed by atoms with E-state index in [9.17, 15) is 5.11 Å². The normalized spacial score (nSPS) is 21.9. The summed E-state index contributed by atoms with van der Waals surface area (Å²) >= 11 is 5.90. The van der Waals surface area contributed by atoms with Crippen LogP contribution in [0.2, 0.25) is 5.02 Å². The minimum Gasteiger partial charge on any atom is -0.389 e. The first-order chi connectivity index (χ1) is 8.99. The number of hydrogen-bond acceptors (Lipinski definition) is 2. The van der Waals surface area contributed by atoms with E-state index in [1.807, 2.05) is 31.2 Å². The van der Waals surface area contributed by atoms with Gasteiger partial charge in [-0.25, -0.2) is 0 Å². The molecular formula is C16H24ClNO. The van der Waals surface area contributed by atoms with Crippen molar-refractivity contribution in [2.75, 3.05) is 6.54 Å². The van der Waals surface area contributed by atoms with Crippen LogP contribution in [0, 0.1) is 5.41 Å². The first-order valence-corrected chi connectivity index (χ1v) is 7.54. The van der Waals surface area contributed by atoms with Crippen LogP contribution in [0.3, 0.4) is 0 Å². The third kappa shape index (κ3) is 3.13. The van der Waals surface area contributed by atoms with Crippen molar-refractivity contribution in [2.24, 2.45) is 11.1 Å². The monoisotopic (exact) mass is 281 g/mol. The highest BCUT2D eigenvalue weighted by Crippen LogP contribution is 2.45. The number of aliphatic hydroxyl groups is 1. The fourth-order valence-electron chi connectivity index (χ4n) is 3.38. The third-order valence-corrected chi connectivity index (χ3v) is 5.06. The second kappa shape index (κ2) is 5.82. The molecule has 1 aromatic rings. The van der Waals surface area contributed by atoms with E-state index in [-0.39, 0.29) is 5.41 Å². The molecule has 0 aliphatic heterocycles. The van der Waals surface area contributed by atoms with Gasteiger partial charge in [0.1, 0.15) is 0 Å². The molecule has 1 fully saturated rings. The van der Waals surface area contributed by atoms with Gasteiger partial charge in [0, 0.05) is 23.4 Å². The Balaban J connectivity index is 2.17. The topological polar surface area (TPSA) is 46.2 Å². The Morgan fingerprint density at radius 3 is 2.32 bits per heavy atom. The maximum atomic E-state index is 11.0. The van der Waals surface area contributed by atoms with Crippen molar-refractivity contribution in [3.05, 3.63) is 34.9 Å². The Labute approximate surface area is 121 Å². The lowest BCUT2D eigenvalue weighted by atomic mass is 9.62. The highest BCUT2D eigenvalue weighted by Gasteiger charge is 2.46. The van der Waals surface area contributed by atoms with E-state index in [4.69, 9.17) is 17.3 Å². The second-order valence-electron chi connectivity index (χ2n) is 6.12. The summed E-state index contributed by atoms with van der Waals surface area (Å²) in [6.45, 7) is 2.51. The van der Waals surface area contributed by atoms with E-state index in [0.29, 0.717) is 13.0 Å². The molecule has 2 rings (SSSR count). The predicted molar refractivity (Wildman–Crippen MR) is 80.4 cm³/mol. The van der Waals surface area contributed by atoms with E-state index in [2.05, 4.69) is 0 Å². The molecule has 0 bridgehead atoms. The molecule has 1 atom stereocenters. The third-order valence-electron chi connectivity index (χ3n) is 4.81. The van der Waals surface area contributed by atoms with Gasteiger partial charge in [-0.15, -0.1) is 0 Å². The summed E-state index contributed by atoms with van der Waals surface area (Å²) in [6.07, 6.45) is 6.32. The molecule has 0 saturated heterocycles. The Hall–Kier alpha value is -0.570. The Morgan fingerprint density at radius 2 is 1.79 bits per heavy atom. The van der Waals surface area contributed by atoms with Crippen LogP contribution in [0.1, 0.15) is 44.6 Å². The summed E-state index contributed by atoms with van der Waals surface area (Å²) < 4.78 is 0. The number of benzene rings is 1. The summed E-state index contributed by atoms with van der Waals surface area (Å²) in [5.74, 6) is 0. The molecule has 0 spiro atoms. The standard InChI is InChI=1S/C16H24ClNO/c1-15(19,11-13-5-7-14(17)8-6-13)16(12-18)9-3-2-4-10-16/h5-8,19H,2-4,9-12,18H2,1H3. The van der Waals surface area contributed by atoms with Crippen molar-refractivity contribution in [2.45, 2.75) is 51.0 Å². The van der Waals surface area contributed by atoms with E-state index in [1.165, 1.54) is 19.3 Å². The van der Waals surface area contributed by atoms with Gasteiger partial charge in [0.05, 0.1) is 5.60 Å². The highest BCUT2D eigenvalue weighted by atomic mass is 35.5. The number of rotatable bonds is 4. The molecule has 0 radical (unpaired) electrons. The van der Waals surface area contributed by atoms with Crippen molar-refractivity contribution in [3.63, 3.8) is 0 Å². The quantitative estimate of drug-likeness (QED) is 0.887. The molecule has 3 N–H and O–H groups in total. The van der Waals surface area contributed by atoms with Crippen LogP contribution in [-0.2, 0) is 6.42 Å². The molecule has 1 aromatic carbocycles. The molecular weight excluding hydrogens is 258 g/mol. The molecule has 19 heavy (non-hydrogen) atoms. The van der Waals surface area contributed by atoms with Crippen molar-refractivity contribution < 1.29 is 5.11 Å². The zero-order chi connectivity index (χ0) is 13.9. The average molecular weight is 282 g/mol. The van der Waals surface area contributed by atoms with Crippen LogP contribution in [0.15, 0.2) is 24.3 Å². The fraction of sp³-hybridized carbons (Fsp3) is 0.625. The van der Waals surface area contributed by atoms with Gasteiger partial charge in [-0.3, -0.25) is 0 Å². The molecule has 0 heterocycles. The molecule has 0 amide bonds. The number of halogens is 1. The van der Waals surface area contributed by atoms with Gasteiger partial charge in [-0.2, -0.15) is 0 Å². The minimum atomic E-state index is -0.754. The first-order valence-electron chi connectivity index (χ1n) is 7.16. The molecule has 1 aliphatic carbocycles. The van der Waals surface area contributed by atoms with Crippen LogP contribution in [0.4, 0.5) is 0 Å². The van der Waals surface area contributed by atoms with Gasteiger partial charge in [-0.1, -0.05) is 43.0 Å².